The molecule has 110 valence electrons. The van der Waals surface area contributed by atoms with E-state index in [1.807, 2.05) is 33.3 Å². The third-order valence-corrected chi connectivity index (χ3v) is 3.25. The van der Waals surface area contributed by atoms with E-state index in [1.165, 1.54) is 0 Å². The molecule has 0 aliphatic heterocycles. The van der Waals surface area contributed by atoms with Gasteiger partial charge in [0.05, 0.1) is 24.1 Å². The summed E-state index contributed by atoms with van der Waals surface area (Å²) in [7, 11) is 3.71. The number of hydrogen-bond acceptors (Lipinski definition) is 5. The molecule has 1 N–H and O–H groups in total. The van der Waals surface area contributed by atoms with E-state index in [2.05, 4.69) is 20.3 Å². The monoisotopic (exact) mass is 287 g/mol. The zero-order valence-electron chi connectivity index (χ0n) is 12.2. The molecule has 3 heterocycles. The van der Waals surface area contributed by atoms with Gasteiger partial charge in [-0.05, 0) is 13.0 Å². The van der Waals surface area contributed by atoms with Crippen molar-refractivity contribution < 1.29 is 5.11 Å². The largest absolute Gasteiger partial charge is 0.390 e. The quantitative estimate of drug-likeness (QED) is 0.759. The van der Waals surface area contributed by atoms with E-state index in [9.17, 15) is 5.11 Å². The predicted octanol–water partition coefficient (Wildman–Crippen LogP) is 0.591. The van der Waals surface area contributed by atoms with Gasteiger partial charge >= 0.3 is 0 Å². The lowest BCUT2D eigenvalue weighted by Gasteiger charge is -1.98. The van der Waals surface area contributed by atoms with Crippen molar-refractivity contribution in [3.63, 3.8) is 0 Å². The van der Waals surface area contributed by atoms with Gasteiger partial charge in [0.2, 0.25) is 0 Å². The van der Waals surface area contributed by atoms with Crippen LogP contribution in [0.3, 0.4) is 0 Å². The van der Waals surface area contributed by atoms with Crippen LogP contribution in [0.15, 0.2) is 18.5 Å². The lowest BCUT2D eigenvalue weighted by atomic mass is 10.3. The van der Waals surface area contributed by atoms with Crippen LogP contribution in [0.5, 0.6) is 0 Å². The number of aromatic nitrogens is 7. The van der Waals surface area contributed by atoms with Crippen molar-refractivity contribution in [1.29, 1.82) is 0 Å². The fourth-order valence-electron chi connectivity index (χ4n) is 2.25. The van der Waals surface area contributed by atoms with E-state index in [0.717, 1.165) is 17.1 Å². The van der Waals surface area contributed by atoms with Crippen molar-refractivity contribution in [1.82, 2.24) is 34.3 Å². The molecule has 3 aromatic rings. The molecule has 3 rings (SSSR count). The van der Waals surface area contributed by atoms with Gasteiger partial charge in [-0.1, -0.05) is 0 Å². The Morgan fingerprint density at radius 3 is 2.67 bits per heavy atom. The number of nitrogens with zero attached hydrogens (tertiary/aromatic N) is 7. The van der Waals surface area contributed by atoms with Gasteiger partial charge in [0.15, 0.2) is 11.6 Å². The average molecular weight is 287 g/mol. The van der Waals surface area contributed by atoms with E-state index in [0.29, 0.717) is 18.1 Å². The molecule has 0 aromatic carbocycles. The fourth-order valence-corrected chi connectivity index (χ4v) is 2.25. The van der Waals surface area contributed by atoms with Gasteiger partial charge in [0.25, 0.3) is 0 Å². The highest BCUT2D eigenvalue weighted by atomic mass is 16.3. The van der Waals surface area contributed by atoms with Crippen molar-refractivity contribution in [2.24, 2.45) is 14.1 Å². The second-order valence-electron chi connectivity index (χ2n) is 4.78. The van der Waals surface area contributed by atoms with E-state index >= 15 is 0 Å². The summed E-state index contributed by atoms with van der Waals surface area (Å²) in [5.74, 6) is 1.33. The van der Waals surface area contributed by atoms with Crippen LogP contribution in [0.4, 0.5) is 0 Å². The first-order valence-corrected chi connectivity index (χ1v) is 6.70. The lowest BCUT2D eigenvalue weighted by molar-refractivity contribution is 0.275. The zero-order valence-corrected chi connectivity index (χ0v) is 12.2. The van der Waals surface area contributed by atoms with E-state index in [4.69, 9.17) is 0 Å². The van der Waals surface area contributed by atoms with Crippen molar-refractivity contribution >= 4 is 0 Å². The number of aryl methyl sites for hydroxylation is 3. The minimum Gasteiger partial charge on any atom is -0.390 e. The molecule has 0 atom stereocenters. The maximum Gasteiger partial charge on any atom is 0.200 e. The highest BCUT2D eigenvalue weighted by Crippen LogP contribution is 2.22. The number of aliphatic hydroxyl groups excluding tert-OH is 1. The predicted molar refractivity (Wildman–Crippen MR) is 76.0 cm³/mol. The molecule has 0 fully saturated rings. The summed E-state index contributed by atoms with van der Waals surface area (Å²) >= 11 is 0. The molecule has 0 saturated heterocycles. The molecular weight excluding hydrogens is 270 g/mol. The summed E-state index contributed by atoms with van der Waals surface area (Å²) in [5, 5.41) is 22.1. The van der Waals surface area contributed by atoms with Crippen molar-refractivity contribution in [2.45, 2.75) is 20.1 Å². The van der Waals surface area contributed by atoms with E-state index in [-0.39, 0.29) is 6.61 Å². The SMILES string of the molecule is CCn1nc(CO)cc1-c1nc(-c2cnn(C)c2)n(C)n1. The van der Waals surface area contributed by atoms with Crippen LogP contribution in [-0.2, 0) is 27.2 Å². The van der Waals surface area contributed by atoms with E-state index < -0.39 is 0 Å². The summed E-state index contributed by atoms with van der Waals surface area (Å²) in [4.78, 5) is 4.58. The Balaban J connectivity index is 2.06. The summed E-state index contributed by atoms with van der Waals surface area (Å²) < 4.78 is 5.23. The Bertz CT molecular complexity index is 767. The normalized spacial score (nSPS) is 11.2. The molecule has 0 aliphatic carbocycles. The number of rotatable bonds is 4. The Hall–Kier alpha value is -2.48. The van der Waals surface area contributed by atoms with Crippen LogP contribution in [0, 0.1) is 0 Å². The lowest BCUT2D eigenvalue weighted by Crippen LogP contribution is -2.01. The minimum absolute atomic E-state index is 0.0949. The molecule has 0 unspecified atom stereocenters. The molecule has 0 spiro atoms. The van der Waals surface area contributed by atoms with Crippen LogP contribution < -0.4 is 0 Å². The Morgan fingerprint density at radius 1 is 1.24 bits per heavy atom. The smallest absolute Gasteiger partial charge is 0.200 e. The molecule has 8 heteroatoms. The molecule has 8 nitrogen and oxygen atoms in total. The minimum atomic E-state index is -0.0949. The van der Waals surface area contributed by atoms with Crippen molar-refractivity contribution in [2.75, 3.05) is 0 Å². The first-order chi connectivity index (χ1) is 10.1. The van der Waals surface area contributed by atoms with Crippen LogP contribution in [0.1, 0.15) is 12.6 Å². The van der Waals surface area contributed by atoms with Gasteiger partial charge in [-0.2, -0.15) is 10.2 Å². The third-order valence-electron chi connectivity index (χ3n) is 3.25. The van der Waals surface area contributed by atoms with Crippen LogP contribution >= 0.6 is 0 Å². The highest BCUT2D eigenvalue weighted by Gasteiger charge is 2.16. The second-order valence-corrected chi connectivity index (χ2v) is 4.78. The summed E-state index contributed by atoms with van der Waals surface area (Å²) in [6.07, 6.45) is 3.65. The van der Waals surface area contributed by atoms with Crippen molar-refractivity contribution in [3.05, 3.63) is 24.2 Å². The molecule has 0 amide bonds. The highest BCUT2D eigenvalue weighted by molar-refractivity contribution is 5.58. The van der Waals surface area contributed by atoms with Gasteiger partial charge in [0, 0.05) is 26.8 Å². The molecule has 0 radical (unpaired) electrons. The first-order valence-electron chi connectivity index (χ1n) is 6.70. The van der Waals surface area contributed by atoms with Gasteiger partial charge in [-0.3, -0.25) is 9.36 Å². The number of hydrogen-bond donors (Lipinski definition) is 1. The maximum absolute atomic E-state index is 9.23. The molecule has 0 bridgehead atoms. The standard InChI is InChI=1S/C13H17N7O/c1-4-20-11(5-10(8-21)16-20)12-15-13(19(3)17-12)9-6-14-18(2)7-9/h5-7,21H,4,8H2,1-3H3. The Kier molecular flexibility index (Phi) is 3.30. The Labute approximate surface area is 121 Å². The zero-order chi connectivity index (χ0) is 15.0. The molecule has 3 aromatic heterocycles. The average Bonchev–Trinajstić information content (AvgIpc) is 3.16. The van der Waals surface area contributed by atoms with Gasteiger partial charge < -0.3 is 5.11 Å². The third kappa shape index (κ3) is 2.33. The van der Waals surface area contributed by atoms with Gasteiger partial charge in [-0.15, -0.1) is 5.10 Å². The Morgan fingerprint density at radius 2 is 2.05 bits per heavy atom. The molecule has 21 heavy (non-hydrogen) atoms. The first kappa shape index (κ1) is 13.5. The topological polar surface area (TPSA) is 86.6 Å². The van der Waals surface area contributed by atoms with Crippen molar-refractivity contribution in [3.8, 4) is 22.9 Å². The summed E-state index contributed by atoms with van der Waals surface area (Å²) in [6, 6.07) is 1.81. The molecule has 0 saturated carbocycles. The summed E-state index contributed by atoms with van der Waals surface area (Å²) in [5.41, 5.74) is 2.32. The maximum atomic E-state index is 9.23. The molecule has 0 aliphatic rings. The summed E-state index contributed by atoms with van der Waals surface area (Å²) in [6.45, 7) is 2.58. The van der Waals surface area contributed by atoms with E-state index in [1.54, 1.807) is 20.2 Å². The van der Waals surface area contributed by atoms with Crippen LogP contribution in [-0.4, -0.2) is 39.4 Å². The number of aliphatic hydroxyl groups is 1. The van der Waals surface area contributed by atoms with Gasteiger partial charge in [-0.25, -0.2) is 9.67 Å². The second kappa shape index (κ2) is 5.13. The van der Waals surface area contributed by atoms with Crippen LogP contribution in [0.25, 0.3) is 22.9 Å². The molecular formula is C13H17N7O. The fraction of sp³-hybridized carbons (Fsp3) is 0.385. The van der Waals surface area contributed by atoms with Crippen LogP contribution in [0.2, 0.25) is 0 Å². The van der Waals surface area contributed by atoms with Gasteiger partial charge in [0.1, 0.15) is 5.69 Å².